The number of pyridine rings is 1. The summed E-state index contributed by atoms with van der Waals surface area (Å²) in [5.41, 5.74) is 8.03. The zero-order chi connectivity index (χ0) is 24.5. The summed E-state index contributed by atoms with van der Waals surface area (Å²) in [5.74, 6) is -1.53. The van der Waals surface area contributed by atoms with Gasteiger partial charge in [0, 0.05) is 35.9 Å². The molecule has 10 nitrogen and oxygen atoms in total. The zero-order valence-corrected chi connectivity index (χ0v) is 18.4. The van der Waals surface area contributed by atoms with Gasteiger partial charge in [0.2, 0.25) is 0 Å². The number of rotatable bonds is 8. The van der Waals surface area contributed by atoms with Crippen LogP contribution >= 0.6 is 0 Å². The van der Waals surface area contributed by atoms with Gasteiger partial charge in [-0.3, -0.25) is 9.78 Å². The Morgan fingerprint density at radius 2 is 1.85 bits per heavy atom. The number of hydrogen-bond donors (Lipinski definition) is 4. The number of ether oxygens (including phenoxy) is 2. The quantitative estimate of drug-likeness (QED) is 0.225. The molecule has 0 aliphatic carbocycles. The van der Waals surface area contributed by atoms with Gasteiger partial charge in [0.05, 0.1) is 5.56 Å². The first-order chi connectivity index (χ1) is 16.3. The van der Waals surface area contributed by atoms with Crippen molar-refractivity contribution in [3.05, 3.63) is 83.7 Å². The van der Waals surface area contributed by atoms with Gasteiger partial charge in [-0.1, -0.05) is 12.1 Å². The number of carbonyl (C=O) groups is 3. The molecular formula is C24H24N4O6. The van der Waals surface area contributed by atoms with Gasteiger partial charge >= 0.3 is 12.1 Å². The van der Waals surface area contributed by atoms with Gasteiger partial charge in [0.1, 0.15) is 18.5 Å². The lowest BCUT2D eigenvalue weighted by Crippen LogP contribution is -2.25. The van der Waals surface area contributed by atoms with E-state index in [9.17, 15) is 19.5 Å². The SMILES string of the molecule is CC(O)C(=O)Oc1cc(CNC(=O)OCc2cccnc2)ccc1C(=O)Nc1ccc(N)cc1. The van der Waals surface area contributed by atoms with Crippen LogP contribution in [0.3, 0.4) is 0 Å². The molecule has 3 aromatic rings. The molecule has 0 saturated heterocycles. The molecule has 0 spiro atoms. The smallest absolute Gasteiger partial charge is 0.407 e. The molecule has 176 valence electrons. The van der Waals surface area contributed by atoms with E-state index >= 15 is 0 Å². The minimum atomic E-state index is -1.39. The first-order valence-corrected chi connectivity index (χ1v) is 10.3. The molecule has 1 aromatic heterocycles. The number of nitrogens with two attached hydrogens (primary N) is 1. The number of nitrogens with one attached hydrogen (secondary N) is 2. The van der Waals surface area contributed by atoms with Gasteiger partial charge in [-0.2, -0.15) is 0 Å². The number of esters is 1. The predicted octanol–water partition coefficient (Wildman–Crippen LogP) is 2.63. The Balaban J connectivity index is 1.69. The summed E-state index contributed by atoms with van der Waals surface area (Å²) < 4.78 is 10.3. The van der Waals surface area contributed by atoms with Crippen LogP contribution in [-0.4, -0.2) is 34.2 Å². The molecule has 0 fully saturated rings. The molecular weight excluding hydrogens is 440 g/mol. The van der Waals surface area contributed by atoms with E-state index in [0.717, 1.165) is 5.56 Å². The maximum absolute atomic E-state index is 12.8. The highest BCUT2D eigenvalue weighted by Crippen LogP contribution is 2.23. The van der Waals surface area contributed by atoms with Crippen LogP contribution in [0.5, 0.6) is 5.75 Å². The molecule has 1 unspecified atom stereocenters. The van der Waals surface area contributed by atoms with Gasteiger partial charge in [0.25, 0.3) is 5.91 Å². The van der Waals surface area contributed by atoms with Crippen molar-refractivity contribution in [3.63, 3.8) is 0 Å². The van der Waals surface area contributed by atoms with E-state index in [0.29, 0.717) is 16.9 Å². The fraction of sp³-hybridized carbons (Fsp3) is 0.167. The molecule has 2 amide bonds. The second-order valence-corrected chi connectivity index (χ2v) is 7.29. The average molecular weight is 464 g/mol. The van der Waals surface area contributed by atoms with E-state index in [1.54, 1.807) is 54.9 Å². The molecule has 0 saturated carbocycles. The summed E-state index contributed by atoms with van der Waals surface area (Å²) >= 11 is 0. The summed E-state index contributed by atoms with van der Waals surface area (Å²) in [6.07, 6.45) is 1.16. The first kappa shape index (κ1) is 24.2. The number of carbonyl (C=O) groups excluding carboxylic acids is 3. The Bertz CT molecular complexity index is 1150. The van der Waals surface area contributed by atoms with E-state index in [-0.39, 0.29) is 24.5 Å². The van der Waals surface area contributed by atoms with Crippen molar-refractivity contribution in [3.8, 4) is 5.75 Å². The number of nitrogen functional groups attached to an aromatic ring is 1. The van der Waals surface area contributed by atoms with E-state index in [4.69, 9.17) is 15.2 Å². The summed E-state index contributed by atoms with van der Waals surface area (Å²) in [6.45, 7) is 1.35. The lowest BCUT2D eigenvalue weighted by molar-refractivity contribution is -0.142. The highest BCUT2D eigenvalue weighted by Gasteiger charge is 2.19. The molecule has 5 N–H and O–H groups in total. The third kappa shape index (κ3) is 7.04. The van der Waals surface area contributed by atoms with Crippen molar-refractivity contribution < 1.29 is 29.0 Å². The summed E-state index contributed by atoms with van der Waals surface area (Å²) in [5, 5.41) is 14.8. The minimum absolute atomic E-state index is 0.0466. The topological polar surface area (TPSA) is 153 Å². The maximum Gasteiger partial charge on any atom is 0.407 e. The number of aliphatic hydroxyl groups is 1. The van der Waals surface area contributed by atoms with Crippen LogP contribution in [0.15, 0.2) is 67.0 Å². The summed E-state index contributed by atoms with van der Waals surface area (Å²) in [4.78, 5) is 40.7. The van der Waals surface area contributed by atoms with Crippen LogP contribution in [0.2, 0.25) is 0 Å². The number of anilines is 2. The second-order valence-electron chi connectivity index (χ2n) is 7.29. The summed E-state index contributed by atoms with van der Waals surface area (Å²) in [7, 11) is 0. The van der Waals surface area contributed by atoms with Crippen LogP contribution in [-0.2, 0) is 22.7 Å². The minimum Gasteiger partial charge on any atom is -0.445 e. The number of amides is 2. The monoisotopic (exact) mass is 464 g/mol. The van der Waals surface area contributed by atoms with Crippen LogP contribution in [0.25, 0.3) is 0 Å². The van der Waals surface area contributed by atoms with Crippen molar-refractivity contribution >= 4 is 29.3 Å². The second kappa shape index (κ2) is 11.4. The lowest BCUT2D eigenvalue weighted by atomic mass is 10.1. The van der Waals surface area contributed by atoms with E-state index in [1.165, 1.54) is 19.1 Å². The van der Waals surface area contributed by atoms with Gasteiger partial charge in [-0.15, -0.1) is 0 Å². The number of alkyl carbamates (subject to hydrolysis) is 1. The van der Waals surface area contributed by atoms with Gasteiger partial charge in [-0.05, 0) is 55.0 Å². The molecule has 34 heavy (non-hydrogen) atoms. The molecule has 1 atom stereocenters. The van der Waals surface area contributed by atoms with Gasteiger partial charge < -0.3 is 30.9 Å². The number of hydrogen-bond acceptors (Lipinski definition) is 8. The Hall–Kier alpha value is -4.44. The molecule has 3 rings (SSSR count). The van der Waals surface area contributed by atoms with E-state index in [1.807, 2.05) is 0 Å². The Kier molecular flexibility index (Phi) is 8.14. The molecule has 1 heterocycles. The molecule has 0 aliphatic rings. The molecule has 2 aromatic carbocycles. The molecule has 0 radical (unpaired) electrons. The summed E-state index contributed by atoms with van der Waals surface area (Å²) in [6, 6.07) is 14.5. The van der Waals surface area contributed by atoms with E-state index in [2.05, 4.69) is 15.6 Å². The average Bonchev–Trinajstić information content (AvgIpc) is 2.83. The van der Waals surface area contributed by atoms with Gasteiger partial charge in [-0.25, -0.2) is 9.59 Å². The van der Waals surface area contributed by atoms with Crippen LogP contribution in [0.1, 0.15) is 28.4 Å². The molecule has 0 bridgehead atoms. The standard InChI is InChI=1S/C24H24N4O6/c1-15(29)23(31)34-21-11-16(13-27-24(32)33-14-17-3-2-10-26-12-17)4-9-20(21)22(30)28-19-7-5-18(25)6-8-19/h2-12,15,29H,13-14,25H2,1H3,(H,27,32)(H,28,30). The fourth-order valence-electron chi connectivity index (χ4n) is 2.76. The fourth-order valence-corrected chi connectivity index (χ4v) is 2.76. The van der Waals surface area contributed by atoms with Crippen LogP contribution in [0.4, 0.5) is 16.2 Å². The Morgan fingerprint density at radius 3 is 2.53 bits per heavy atom. The van der Waals surface area contributed by atoms with Crippen LogP contribution in [0, 0.1) is 0 Å². The molecule has 10 heteroatoms. The first-order valence-electron chi connectivity index (χ1n) is 10.3. The number of aromatic nitrogens is 1. The normalized spacial score (nSPS) is 11.2. The van der Waals surface area contributed by atoms with Crippen molar-refractivity contribution in [1.82, 2.24) is 10.3 Å². The highest BCUT2D eigenvalue weighted by molar-refractivity contribution is 6.06. The third-order valence-corrected chi connectivity index (χ3v) is 4.54. The van der Waals surface area contributed by atoms with Crippen molar-refractivity contribution in [1.29, 1.82) is 0 Å². The van der Waals surface area contributed by atoms with Gasteiger partial charge in [0.15, 0.2) is 0 Å². The predicted molar refractivity (Wildman–Crippen MR) is 124 cm³/mol. The van der Waals surface area contributed by atoms with Crippen molar-refractivity contribution in [2.45, 2.75) is 26.2 Å². The van der Waals surface area contributed by atoms with E-state index < -0.39 is 24.1 Å². The third-order valence-electron chi connectivity index (χ3n) is 4.54. The number of nitrogens with zero attached hydrogens (tertiary/aromatic N) is 1. The van der Waals surface area contributed by atoms with Crippen LogP contribution < -0.4 is 21.1 Å². The maximum atomic E-state index is 12.8. The Labute approximate surface area is 195 Å². The molecule has 0 aliphatic heterocycles. The highest BCUT2D eigenvalue weighted by atomic mass is 16.6. The largest absolute Gasteiger partial charge is 0.445 e. The number of aliphatic hydroxyl groups excluding tert-OH is 1. The lowest BCUT2D eigenvalue weighted by Gasteiger charge is -2.14. The van der Waals surface area contributed by atoms with Crippen molar-refractivity contribution in [2.75, 3.05) is 11.1 Å². The Morgan fingerprint density at radius 1 is 1.09 bits per heavy atom. The van der Waals surface area contributed by atoms with Crippen molar-refractivity contribution in [2.24, 2.45) is 0 Å². The zero-order valence-electron chi connectivity index (χ0n) is 18.4. The number of benzene rings is 2.